The zero-order valence-electron chi connectivity index (χ0n) is 19.6. The molecule has 184 valence electrons. The van der Waals surface area contributed by atoms with Crippen LogP contribution in [0.1, 0.15) is 13.3 Å². The minimum absolute atomic E-state index is 0.111. The van der Waals surface area contributed by atoms with Gasteiger partial charge >= 0.3 is 6.03 Å². The van der Waals surface area contributed by atoms with Crippen molar-refractivity contribution in [3.05, 3.63) is 94.4 Å². The summed E-state index contributed by atoms with van der Waals surface area (Å²) in [5.74, 6) is 0.160. The first-order chi connectivity index (χ1) is 17.4. The van der Waals surface area contributed by atoms with E-state index in [1.54, 1.807) is 28.9 Å². The average molecular weight is 567 g/mol. The normalized spacial score (nSPS) is 10.6. The van der Waals surface area contributed by atoms with Crippen LogP contribution in [0.15, 0.2) is 89.4 Å². The van der Waals surface area contributed by atoms with Crippen LogP contribution in [0.25, 0.3) is 16.9 Å². The zero-order valence-corrected chi connectivity index (χ0v) is 22.0. The van der Waals surface area contributed by atoms with Crippen molar-refractivity contribution >= 4 is 51.0 Å². The van der Waals surface area contributed by atoms with E-state index in [-0.39, 0.29) is 18.5 Å². The fraction of sp³-hybridized carbons (Fsp3) is 0.148. The number of nitrogens with one attached hydrogen (secondary N) is 2. The molecule has 0 bridgehead atoms. The van der Waals surface area contributed by atoms with E-state index in [0.29, 0.717) is 35.2 Å². The van der Waals surface area contributed by atoms with E-state index >= 15 is 0 Å². The molecule has 7 nitrogen and oxygen atoms in total. The Morgan fingerprint density at radius 1 is 0.972 bits per heavy atom. The molecule has 1 aromatic heterocycles. The number of aromatic nitrogens is 2. The summed E-state index contributed by atoms with van der Waals surface area (Å²) in [5, 5.41) is 11.1. The molecule has 0 atom stereocenters. The molecule has 3 aromatic carbocycles. The van der Waals surface area contributed by atoms with Gasteiger partial charge in [0, 0.05) is 33.4 Å². The molecule has 0 aliphatic rings. The van der Waals surface area contributed by atoms with Gasteiger partial charge in [0.15, 0.2) is 0 Å². The summed E-state index contributed by atoms with van der Waals surface area (Å²) in [6.45, 7) is 2.28. The molecule has 0 aliphatic carbocycles. The van der Waals surface area contributed by atoms with E-state index in [1.807, 2.05) is 67.6 Å². The van der Waals surface area contributed by atoms with Gasteiger partial charge in [0.05, 0.1) is 11.4 Å². The van der Waals surface area contributed by atoms with E-state index in [1.165, 1.54) is 4.90 Å². The number of nitrogens with zero attached hydrogens (tertiary/aromatic N) is 3. The predicted octanol–water partition coefficient (Wildman–Crippen LogP) is 6.84. The lowest BCUT2D eigenvalue weighted by Gasteiger charge is -2.22. The lowest BCUT2D eigenvalue weighted by molar-refractivity contribution is -0.116. The molecule has 0 unspecified atom stereocenters. The summed E-state index contributed by atoms with van der Waals surface area (Å²) >= 11 is 9.46. The third-order valence-corrected chi connectivity index (χ3v) is 6.05. The molecule has 2 N–H and O–H groups in total. The lowest BCUT2D eigenvalue weighted by Crippen LogP contribution is -2.41. The smallest absolute Gasteiger partial charge is 0.315 e. The Labute approximate surface area is 223 Å². The summed E-state index contributed by atoms with van der Waals surface area (Å²) in [5.41, 5.74) is 3.01. The van der Waals surface area contributed by atoms with Crippen molar-refractivity contribution in [1.29, 1.82) is 0 Å². The monoisotopic (exact) mass is 565 g/mol. The van der Waals surface area contributed by atoms with Gasteiger partial charge in [-0.3, -0.25) is 4.79 Å². The summed E-state index contributed by atoms with van der Waals surface area (Å²) in [7, 11) is 0. The number of amides is 3. The maximum Gasteiger partial charge on any atom is 0.322 e. The first-order valence-electron chi connectivity index (χ1n) is 11.5. The molecule has 4 aromatic rings. The van der Waals surface area contributed by atoms with Crippen LogP contribution < -0.4 is 10.6 Å². The molecule has 4 rings (SSSR count). The van der Waals surface area contributed by atoms with Gasteiger partial charge in [-0.25, -0.2) is 9.48 Å². The number of benzene rings is 3. The third kappa shape index (κ3) is 6.53. The van der Waals surface area contributed by atoms with Crippen molar-refractivity contribution in [2.75, 3.05) is 23.7 Å². The van der Waals surface area contributed by atoms with Crippen LogP contribution in [0.5, 0.6) is 0 Å². The van der Waals surface area contributed by atoms with E-state index in [2.05, 4.69) is 26.6 Å². The maximum atomic E-state index is 13.1. The fourth-order valence-corrected chi connectivity index (χ4v) is 4.17. The van der Waals surface area contributed by atoms with Gasteiger partial charge in [-0.15, -0.1) is 0 Å². The Balaban J connectivity index is 1.55. The molecular weight excluding hydrogens is 542 g/mol. The van der Waals surface area contributed by atoms with E-state index < -0.39 is 0 Å². The van der Waals surface area contributed by atoms with Gasteiger partial charge in [-0.05, 0) is 48.9 Å². The summed E-state index contributed by atoms with van der Waals surface area (Å²) in [6, 6.07) is 25.7. The van der Waals surface area contributed by atoms with Crippen LogP contribution in [0.3, 0.4) is 0 Å². The highest BCUT2D eigenvalue weighted by molar-refractivity contribution is 9.10. The number of urea groups is 1. The largest absolute Gasteiger partial charge is 0.322 e. The number of halogens is 2. The van der Waals surface area contributed by atoms with Crippen molar-refractivity contribution in [1.82, 2.24) is 14.7 Å². The topological polar surface area (TPSA) is 79.3 Å². The van der Waals surface area contributed by atoms with E-state index in [4.69, 9.17) is 16.7 Å². The average Bonchev–Trinajstić information content (AvgIpc) is 3.28. The zero-order chi connectivity index (χ0) is 25.5. The van der Waals surface area contributed by atoms with Crippen LogP contribution >= 0.6 is 27.5 Å². The molecule has 0 saturated carbocycles. The highest BCUT2D eigenvalue weighted by Crippen LogP contribution is 2.25. The van der Waals surface area contributed by atoms with Crippen LogP contribution in [0, 0.1) is 0 Å². The molecule has 1 heterocycles. The van der Waals surface area contributed by atoms with E-state index in [9.17, 15) is 9.59 Å². The van der Waals surface area contributed by atoms with Crippen molar-refractivity contribution in [3.8, 4) is 16.9 Å². The van der Waals surface area contributed by atoms with Crippen LogP contribution in [-0.4, -0.2) is 39.7 Å². The van der Waals surface area contributed by atoms with Crippen LogP contribution in [0.4, 0.5) is 16.3 Å². The van der Waals surface area contributed by atoms with Crippen LogP contribution in [-0.2, 0) is 4.79 Å². The highest BCUT2D eigenvalue weighted by Gasteiger charge is 2.19. The molecule has 3 amide bonds. The standard InChI is InChI=1S/C27H25BrClN5O2/c1-2-15-33(27(36)30-22-10-6-9-20(28)16-22)18-26(35)31-25-17-24(19-7-4-3-5-8-19)32-34(25)23-13-11-21(29)12-14-23/h3-14,16-17H,2,15,18H2,1H3,(H,30,36)(H,31,35). The van der Waals surface area contributed by atoms with Crippen molar-refractivity contribution in [3.63, 3.8) is 0 Å². The molecule has 0 spiro atoms. The number of hydrogen-bond acceptors (Lipinski definition) is 3. The molecule has 36 heavy (non-hydrogen) atoms. The Hall–Kier alpha value is -3.62. The number of carbonyl (C=O) groups excluding carboxylic acids is 2. The first-order valence-corrected chi connectivity index (χ1v) is 12.6. The molecular formula is C27H25BrClN5O2. The first kappa shape index (κ1) is 25.5. The van der Waals surface area contributed by atoms with Crippen molar-refractivity contribution < 1.29 is 9.59 Å². The van der Waals surface area contributed by atoms with Crippen molar-refractivity contribution in [2.24, 2.45) is 0 Å². The SMILES string of the molecule is CCCN(CC(=O)Nc1cc(-c2ccccc2)nn1-c1ccc(Cl)cc1)C(=O)Nc1cccc(Br)c1. The van der Waals surface area contributed by atoms with Gasteiger partial charge in [0.1, 0.15) is 12.4 Å². The minimum Gasteiger partial charge on any atom is -0.315 e. The predicted molar refractivity (Wildman–Crippen MR) is 148 cm³/mol. The van der Waals surface area contributed by atoms with Gasteiger partial charge in [0.25, 0.3) is 0 Å². The Bertz CT molecular complexity index is 1340. The van der Waals surface area contributed by atoms with Gasteiger partial charge in [-0.1, -0.05) is 70.9 Å². The summed E-state index contributed by atoms with van der Waals surface area (Å²) in [4.78, 5) is 27.5. The molecule has 0 saturated heterocycles. The van der Waals surface area contributed by atoms with Gasteiger partial charge in [0.2, 0.25) is 5.91 Å². The number of carbonyl (C=O) groups is 2. The van der Waals surface area contributed by atoms with Crippen molar-refractivity contribution in [2.45, 2.75) is 13.3 Å². The summed E-state index contributed by atoms with van der Waals surface area (Å²) in [6.07, 6.45) is 0.708. The molecule has 0 aliphatic heterocycles. The second-order valence-electron chi connectivity index (χ2n) is 8.08. The number of rotatable bonds is 8. The molecule has 0 fully saturated rings. The van der Waals surface area contributed by atoms with Gasteiger partial charge in [-0.2, -0.15) is 5.10 Å². The lowest BCUT2D eigenvalue weighted by atomic mass is 10.1. The number of hydrogen-bond donors (Lipinski definition) is 2. The number of anilines is 2. The molecule has 0 radical (unpaired) electrons. The minimum atomic E-state index is -0.346. The Morgan fingerprint density at radius 2 is 1.72 bits per heavy atom. The van der Waals surface area contributed by atoms with Crippen LogP contribution in [0.2, 0.25) is 5.02 Å². The second kappa shape index (κ2) is 11.9. The van der Waals surface area contributed by atoms with Gasteiger partial charge < -0.3 is 15.5 Å². The quantitative estimate of drug-likeness (QED) is 0.245. The Kier molecular flexibility index (Phi) is 8.40. The second-order valence-corrected chi connectivity index (χ2v) is 9.43. The highest BCUT2D eigenvalue weighted by atomic mass is 79.9. The molecule has 9 heteroatoms. The Morgan fingerprint density at radius 3 is 2.42 bits per heavy atom. The maximum absolute atomic E-state index is 13.1. The summed E-state index contributed by atoms with van der Waals surface area (Å²) < 4.78 is 2.51. The fourth-order valence-electron chi connectivity index (χ4n) is 3.65. The van der Waals surface area contributed by atoms with E-state index in [0.717, 1.165) is 15.7 Å². The third-order valence-electron chi connectivity index (χ3n) is 5.31.